The smallest absolute Gasteiger partial charge is 0.411 e. The normalized spacial score (nSPS) is 10.2. The van der Waals surface area contributed by atoms with E-state index in [4.69, 9.17) is 15.6 Å². The van der Waals surface area contributed by atoms with Crippen molar-refractivity contribution in [2.24, 2.45) is 0 Å². The van der Waals surface area contributed by atoms with Gasteiger partial charge in [-0.1, -0.05) is 0 Å². The maximum atomic E-state index is 13.1. The number of rotatable bonds is 3. The van der Waals surface area contributed by atoms with E-state index in [-0.39, 0.29) is 22.9 Å². The summed E-state index contributed by atoms with van der Waals surface area (Å²) in [6.45, 7) is 0. The van der Waals surface area contributed by atoms with Crippen molar-refractivity contribution in [1.82, 2.24) is 0 Å². The fourth-order valence-corrected chi connectivity index (χ4v) is 1.70. The lowest BCUT2D eigenvalue weighted by Crippen LogP contribution is -2.24. The molecule has 0 heterocycles. The van der Waals surface area contributed by atoms with Gasteiger partial charge in [0, 0.05) is 31.3 Å². The Balaban J connectivity index is 2.33. The molecule has 0 saturated heterocycles. The van der Waals surface area contributed by atoms with Crippen LogP contribution in [0.5, 0.6) is 11.5 Å². The quantitative estimate of drug-likeness (QED) is 0.850. The Hall–Kier alpha value is -2.83. The first-order valence-electron chi connectivity index (χ1n) is 5.87. The van der Waals surface area contributed by atoms with Crippen LogP contribution in [-0.4, -0.2) is 18.2 Å². The van der Waals surface area contributed by atoms with Gasteiger partial charge in [-0.05, 0) is 12.1 Å². The van der Waals surface area contributed by atoms with Crippen LogP contribution in [0.2, 0.25) is 0 Å². The summed E-state index contributed by atoms with van der Waals surface area (Å²) in [6.07, 6.45) is -1.20. The van der Waals surface area contributed by atoms with Crippen molar-refractivity contribution < 1.29 is 23.4 Å². The number of anilines is 2. The van der Waals surface area contributed by atoms with Crippen LogP contribution < -0.4 is 15.4 Å². The maximum Gasteiger partial charge on any atom is 0.411 e. The molecule has 2 aromatic rings. The molecule has 0 aliphatic heterocycles. The molecule has 0 spiro atoms. The van der Waals surface area contributed by atoms with Crippen molar-refractivity contribution in [1.29, 1.82) is 0 Å². The largest absolute Gasteiger partial charge is 0.465 e. The summed E-state index contributed by atoms with van der Waals surface area (Å²) in [5.74, 6) is -1.38. The number of hydrogen-bond donors (Lipinski definition) is 2. The number of carbonyl (C=O) groups is 1. The lowest BCUT2D eigenvalue weighted by atomic mass is 10.2. The highest BCUT2D eigenvalue weighted by molar-refractivity contribution is 5.90. The van der Waals surface area contributed by atoms with Crippen LogP contribution in [0.15, 0.2) is 36.4 Å². The number of nitrogens with two attached hydrogens (primary N) is 1. The molecule has 0 atom stereocenters. The van der Waals surface area contributed by atoms with Gasteiger partial charge in [0.25, 0.3) is 0 Å². The molecule has 2 aromatic carbocycles. The van der Waals surface area contributed by atoms with E-state index in [1.807, 2.05) is 0 Å². The summed E-state index contributed by atoms with van der Waals surface area (Å²) in [5.41, 5.74) is 6.13. The van der Waals surface area contributed by atoms with E-state index in [1.165, 1.54) is 25.2 Å². The van der Waals surface area contributed by atoms with Gasteiger partial charge < -0.3 is 15.6 Å². The molecule has 7 heteroatoms. The highest BCUT2D eigenvalue weighted by Crippen LogP contribution is 2.31. The molecular formula is C14H12F2N2O3. The van der Waals surface area contributed by atoms with Crippen molar-refractivity contribution >= 4 is 17.5 Å². The van der Waals surface area contributed by atoms with Gasteiger partial charge in [0.15, 0.2) is 0 Å². The van der Waals surface area contributed by atoms with E-state index in [9.17, 15) is 13.6 Å². The maximum absolute atomic E-state index is 13.1. The van der Waals surface area contributed by atoms with Crippen molar-refractivity contribution in [2.45, 2.75) is 0 Å². The van der Waals surface area contributed by atoms with Crippen LogP contribution in [0, 0.1) is 11.6 Å². The van der Waals surface area contributed by atoms with Gasteiger partial charge in [-0.15, -0.1) is 0 Å². The van der Waals surface area contributed by atoms with E-state index >= 15 is 0 Å². The number of nitrogen functional groups attached to an aromatic ring is 1. The Kier molecular flexibility index (Phi) is 3.93. The zero-order valence-electron chi connectivity index (χ0n) is 11.0. The molecule has 2 rings (SSSR count). The highest BCUT2D eigenvalue weighted by atomic mass is 19.1. The first-order valence-corrected chi connectivity index (χ1v) is 5.87. The zero-order chi connectivity index (χ0) is 15.6. The fourth-order valence-electron chi connectivity index (χ4n) is 1.70. The van der Waals surface area contributed by atoms with Crippen LogP contribution in [0.4, 0.5) is 25.0 Å². The predicted octanol–water partition coefficient (Wildman–Crippen LogP) is 3.45. The lowest BCUT2D eigenvalue weighted by Gasteiger charge is -2.16. The Labute approximate surface area is 119 Å². The first-order chi connectivity index (χ1) is 9.86. The van der Waals surface area contributed by atoms with Crippen molar-refractivity contribution in [3.63, 3.8) is 0 Å². The second kappa shape index (κ2) is 5.66. The molecule has 0 fully saturated rings. The molecule has 0 aliphatic carbocycles. The lowest BCUT2D eigenvalue weighted by molar-refractivity contribution is 0.203. The topological polar surface area (TPSA) is 75.8 Å². The molecule has 110 valence electrons. The minimum Gasteiger partial charge on any atom is -0.465 e. The molecule has 0 radical (unpaired) electrons. The number of ether oxygens (including phenoxy) is 1. The van der Waals surface area contributed by atoms with Crippen LogP contribution in [0.3, 0.4) is 0 Å². The van der Waals surface area contributed by atoms with E-state index in [1.54, 1.807) is 0 Å². The number of carboxylic acid groups (broad SMARTS) is 1. The second-order valence-electron chi connectivity index (χ2n) is 4.27. The summed E-state index contributed by atoms with van der Waals surface area (Å²) in [4.78, 5) is 11.9. The molecule has 0 saturated carbocycles. The molecule has 3 N–H and O–H groups in total. The Bertz CT molecular complexity index is 672. The minimum absolute atomic E-state index is 0.0406. The van der Waals surface area contributed by atoms with Gasteiger partial charge >= 0.3 is 6.09 Å². The van der Waals surface area contributed by atoms with Crippen LogP contribution in [0.1, 0.15) is 0 Å². The molecule has 21 heavy (non-hydrogen) atoms. The van der Waals surface area contributed by atoms with Gasteiger partial charge in [0.2, 0.25) is 0 Å². The zero-order valence-corrected chi connectivity index (χ0v) is 11.0. The van der Waals surface area contributed by atoms with E-state index in [0.29, 0.717) is 0 Å². The summed E-state index contributed by atoms with van der Waals surface area (Å²) in [5, 5.41) is 8.94. The number of amides is 1. The van der Waals surface area contributed by atoms with Gasteiger partial charge in [0.1, 0.15) is 23.1 Å². The van der Waals surface area contributed by atoms with Crippen LogP contribution >= 0.6 is 0 Å². The molecule has 5 nitrogen and oxygen atoms in total. The Morgan fingerprint density at radius 2 is 1.76 bits per heavy atom. The van der Waals surface area contributed by atoms with Gasteiger partial charge in [-0.2, -0.15) is 0 Å². The Morgan fingerprint density at radius 1 is 1.14 bits per heavy atom. The third-order valence-corrected chi connectivity index (χ3v) is 2.72. The summed E-state index contributed by atoms with van der Waals surface area (Å²) in [7, 11) is 1.32. The van der Waals surface area contributed by atoms with Crippen molar-refractivity contribution in [3.05, 3.63) is 48.0 Å². The molecule has 0 aromatic heterocycles. The number of nitrogens with zero attached hydrogens (tertiary/aromatic N) is 1. The molecule has 0 unspecified atom stereocenters. The summed E-state index contributed by atoms with van der Waals surface area (Å²) >= 11 is 0. The van der Waals surface area contributed by atoms with Crippen LogP contribution in [-0.2, 0) is 0 Å². The SMILES string of the molecule is CN(C(=O)O)c1cc(Oc2cc(F)cc(F)c2)ccc1N. The fraction of sp³-hybridized carbons (Fsp3) is 0.0714. The Morgan fingerprint density at radius 3 is 2.33 bits per heavy atom. The van der Waals surface area contributed by atoms with E-state index in [2.05, 4.69) is 0 Å². The average Bonchev–Trinajstić information content (AvgIpc) is 2.39. The van der Waals surface area contributed by atoms with Crippen LogP contribution in [0.25, 0.3) is 0 Å². The minimum atomic E-state index is -1.20. The van der Waals surface area contributed by atoms with Gasteiger partial charge in [-0.25, -0.2) is 13.6 Å². The summed E-state index contributed by atoms with van der Waals surface area (Å²) in [6, 6.07) is 7.03. The molecule has 0 bridgehead atoms. The predicted molar refractivity (Wildman–Crippen MR) is 73.7 cm³/mol. The third kappa shape index (κ3) is 3.38. The van der Waals surface area contributed by atoms with E-state index < -0.39 is 17.7 Å². The van der Waals surface area contributed by atoms with Crippen molar-refractivity contribution in [2.75, 3.05) is 17.7 Å². The van der Waals surface area contributed by atoms with E-state index in [0.717, 1.165) is 23.1 Å². The first kappa shape index (κ1) is 14.6. The molecule has 0 aliphatic rings. The van der Waals surface area contributed by atoms with Gasteiger partial charge in [0.05, 0.1) is 11.4 Å². The highest BCUT2D eigenvalue weighted by Gasteiger charge is 2.13. The summed E-state index contributed by atoms with van der Waals surface area (Å²) < 4.78 is 31.5. The third-order valence-electron chi connectivity index (χ3n) is 2.72. The molecular weight excluding hydrogens is 282 g/mol. The number of benzene rings is 2. The van der Waals surface area contributed by atoms with Gasteiger partial charge in [-0.3, -0.25) is 4.90 Å². The number of hydrogen-bond acceptors (Lipinski definition) is 3. The standard InChI is InChI=1S/C14H12F2N2O3/c1-18(14(19)20)13-7-10(2-3-12(13)17)21-11-5-8(15)4-9(16)6-11/h2-7H,17H2,1H3,(H,19,20). The monoisotopic (exact) mass is 294 g/mol. The number of halogens is 2. The molecule has 1 amide bonds. The van der Waals surface area contributed by atoms with Crippen molar-refractivity contribution in [3.8, 4) is 11.5 Å². The average molecular weight is 294 g/mol. The second-order valence-corrected chi connectivity index (χ2v) is 4.27.